The largest absolute Gasteiger partial charge is 0.464 e. The quantitative estimate of drug-likeness (QED) is 0.255. The Morgan fingerprint density at radius 1 is 0.686 bits per heavy atom. The summed E-state index contributed by atoms with van der Waals surface area (Å²) in [5, 5.41) is 4.18. The van der Waals surface area contributed by atoms with E-state index in [-0.39, 0.29) is 0 Å². The topological polar surface area (TPSA) is 26.3 Å². The minimum Gasteiger partial charge on any atom is -0.464 e. The maximum atomic E-state index is 5.94. The number of benzene rings is 2. The molecule has 2 aromatic carbocycles. The molecule has 0 spiro atoms. The van der Waals surface area contributed by atoms with Crippen LogP contribution >= 0.6 is 15.8 Å². The number of aryl methyl sites for hydroxylation is 4. The molecule has 1 atom stereocenters. The molecule has 1 aliphatic carbocycles. The van der Waals surface area contributed by atoms with Crippen molar-refractivity contribution in [3.8, 4) is 0 Å². The van der Waals surface area contributed by atoms with Crippen LogP contribution in [0.1, 0.15) is 29.2 Å². The van der Waals surface area contributed by atoms with Gasteiger partial charge in [-0.2, -0.15) is 0 Å². The van der Waals surface area contributed by atoms with E-state index in [1.165, 1.54) is 44.1 Å². The Labute approximate surface area is 211 Å². The monoisotopic (exact) mass is 497 g/mol. The number of allylic oxidation sites excluding steroid dienone is 4. The maximum Gasteiger partial charge on any atom is 0.137 e. The van der Waals surface area contributed by atoms with E-state index in [0.717, 1.165) is 11.0 Å². The van der Waals surface area contributed by atoms with Crippen LogP contribution in [0.2, 0.25) is 0 Å². The van der Waals surface area contributed by atoms with Crippen LogP contribution in [0.5, 0.6) is 0 Å². The van der Waals surface area contributed by atoms with Gasteiger partial charge in [0, 0.05) is 5.92 Å². The predicted octanol–water partition coefficient (Wildman–Crippen LogP) is 7.09. The summed E-state index contributed by atoms with van der Waals surface area (Å²) in [6, 6.07) is 22.2. The second-order valence-electron chi connectivity index (χ2n) is 9.34. The fraction of sp³-hybridized carbons (Fsp3) is 0.194. The van der Waals surface area contributed by atoms with Crippen LogP contribution in [0.3, 0.4) is 0 Å². The molecule has 2 aromatic heterocycles. The van der Waals surface area contributed by atoms with Crippen molar-refractivity contribution in [1.82, 2.24) is 0 Å². The molecule has 0 saturated heterocycles. The number of furan rings is 2. The van der Waals surface area contributed by atoms with Gasteiger partial charge in [0.05, 0.1) is 20.4 Å². The average Bonchev–Trinajstić information content (AvgIpc) is 3.57. The van der Waals surface area contributed by atoms with Gasteiger partial charge in [0.2, 0.25) is 0 Å². The molecule has 177 valence electrons. The molecule has 4 heteroatoms. The van der Waals surface area contributed by atoms with Gasteiger partial charge >= 0.3 is 0 Å². The van der Waals surface area contributed by atoms with Crippen LogP contribution in [0.25, 0.3) is 0 Å². The van der Waals surface area contributed by atoms with Gasteiger partial charge in [-0.05, 0) is 81.5 Å². The van der Waals surface area contributed by atoms with Gasteiger partial charge in [-0.1, -0.05) is 83.8 Å². The normalized spacial score (nSPS) is 14.8. The first kappa shape index (κ1) is 24.1. The van der Waals surface area contributed by atoms with E-state index >= 15 is 0 Å². The lowest BCUT2D eigenvalue weighted by Crippen LogP contribution is -2.26. The summed E-state index contributed by atoms with van der Waals surface area (Å²) in [5.74, 6) is 1.38. The zero-order valence-electron chi connectivity index (χ0n) is 20.9. The minimum atomic E-state index is -0.899. The molecule has 0 amide bonds. The van der Waals surface area contributed by atoms with Crippen LogP contribution in [0.4, 0.5) is 0 Å². The summed E-state index contributed by atoms with van der Waals surface area (Å²) < 4.78 is 11.9. The Bertz CT molecular complexity index is 1240. The fourth-order valence-electron chi connectivity index (χ4n) is 5.04. The molecule has 1 aliphatic rings. The lowest BCUT2D eigenvalue weighted by molar-refractivity contribution is 0.593. The molecule has 0 saturated carbocycles. The Hall–Kier alpha value is -2.66. The van der Waals surface area contributed by atoms with Crippen molar-refractivity contribution in [3.63, 3.8) is 0 Å². The van der Waals surface area contributed by atoms with E-state index in [1.807, 2.05) is 12.1 Å². The average molecular weight is 498 g/mol. The molecule has 0 fully saturated rings. The molecule has 0 unspecified atom stereocenters. The third-order valence-electron chi connectivity index (χ3n) is 6.33. The first-order valence-corrected chi connectivity index (χ1v) is 14.7. The first-order chi connectivity index (χ1) is 16.9. The van der Waals surface area contributed by atoms with Crippen molar-refractivity contribution in [2.24, 2.45) is 0 Å². The van der Waals surface area contributed by atoms with Crippen molar-refractivity contribution in [1.29, 1.82) is 0 Å². The second-order valence-corrected chi connectivity index (χ2v) is 13.9. The van der Waals surface area contributed by atoms with Gasteiger partial charge < -0.3 is 8.83 Å². The first-order valence-electron chi connectivity index (χ1n) is 12.0. The summed E-state index contributed by atoms with van der Waals surface area (Å²) in [6.07, 6.45) is 10.3. The third kappa shape index (κ3) is 5.02. The van der Waals surface area contributed by atoms with Crippen molar-refractivity contribution in [3.05, 3.63) is 125 Å². The SMILES string of the molecule is Cc1cc(C)cc(P(c2cc(C)cc(C)c2)[C@H](C)[C]2C=CC=C2P(c2ccco2)c2ccco2)c1. The molecule has 2 nitrogen and oxygen atoms in total. The molecule has 1 radical (unpaired) electrons. The van der Waals surface area contributed by atoms with Crippen LogP contribution in [0.15, 0.2) is 106 Å². The highest BCUT2D eigenvalue weighted by Crippen LogP contribution is 2.56. The zero-order chi connectivity index (χ0) is 24.5. The van der Waals surface area contributed by atoms with Crippen molar-refractivity contribution in [2.75, 3.05) is 0 Å². The second kappa shape index (κ2) is 10.1. The Kier molecular flexibility index (Phi) is 6.97. The van der Waals surface area contributed by atoms with Crippen molar-refractivity contribution in [2.45, 2.75) is 40.3 Å². The van der Waals surface area contributed by atoms with E-state index in [0.29, 0.717) is 5.66 Å². The van der Waals surface area contributed by atoms with Crippen LogP contribution in [0, 0.1) is 33.6 Å². The Morgan fingerprint density at radius 3 is 1.60 bits per heavy atom. The Balaban J connectivity index is 1.60. The standard InChI is InChI=1S/C31H31O2P2/c1-21-15-22(2)18-26(17-21)34(27-19-23(3)16-24(4)20-27)25(5)28-9-6-10-29(28)35(30-11-7-13-32-30)31-12-8-14-33-31/h6-20,25H,1-5H3/t25-/m1/s1. The highest BCUT2D eigenvalue weighted by Gasteiger charge is 2.37. The maximum absolute atomic E-state index is 5.94. The van der Waals surface area contributed by atoms with Gasteiger partial charge in [-0.25, -0.2) is 0 Å². The van der Waals surface area contributed by atoms with Crippen molar-refractivity contribution >= 4 is 37.5 Å². The fourth-order valence-corrected chi connectivity index (χ4v) is 10.5. The van der Waals surface area contributed by atoms with Crippen LogP contribution in [-0.2, 0) is 0 Å². The molecule has 0 N–H and O–H groups in total. The highest BCUT2D eigenvalue weighted by atomic mass is 31.1. The Morgan fingerprint density at radius 2 is 1.17 bits per heavy atom. The molecule has 4 aromatic rings. The van der Waals surface area contributed by atoms with Gasteiger partial charge in [-0.3, -0.25) is 0 Å². The molecular weight excluding hydrogens is 466 g/mol. The molecule has 2 heterocycles. The predicted molar refractivity (Wildman–Crippen MR) is 152 cm³/mol. The van der Waals surface area contributed by atoms with E-state index in [9.17, 15) is 0 Å². The summed E-state index contributed by atoms with van der Waals surface area (Å²) in [7, 11) is -1.53. The number of hydrogen-bond donors (Lipinski definition) is 0. The van der Waals surface area contributed by atoms with Crippen LogP contribution in [-0.4, -0.2) is 5.66 Å². The van der Waals surface area contributed by atoms with Gasteiger partial charge in [0.15, 0.2) is 0 Å². The van der Waals surface area contributed by atoms with E-state index in [4.69, 9.17) is 8.83 Å². The molecule has 5 rings (SSSR count). The third-order valence-corrected chi connectivity index (χ3v) is 11.3. The summed E-state index contributed by atoms with van der Waals surface area (Å²) in [6.45, 7) is 11.2. The van der Waals surface area contributed by atoms with E-state index in [1.54, 1.807) is 12.5 Å². The zero-order valence-corrected chi connectivity index (χ0v) is 22.7. The lowest BCUT2D eigenvalue weighted by Gasteiger charge is -2.33. The summed E-state index contributed by atoms with van der Waals surface area (Å²) in [4.78, 5) is 0. The summed E-state index contributed by atoms with van der Waals surface area (Å²) in [5.41, 5.74) is 7.54. The lowest BCUT2D eigenvalue weighted by atomic mass is 10.1. The molecule has 35 heavy (non-hydrogen) atoms. The van der Waals surface area contributed by atoms with E-state index < -0.39 is 15.8 Å². The molecular formula is C31H31O2P2. The van der Waals surface area contributed by atoms with E-state index in [2.05, 4.69) is 101 Å². The van der Waals surface area contributed by atoms with Gasteiger partial charge in [0.25, 0.3) is 0 Å². The van der Waals surface area contributed by atoms with Gasteiger partial charge in [0.1, 0.15) is 11.0 Å². The smallest absolute Gasteiger partial charge is 0.137 e. The highest BCUT2D eigenvalue weighted by molar-refractivity contribution is 7.77. The minimum absolute atomic E-state index is 0.326. The number of rotatable bonds is 7. The van der Waals surface area contributed by atoms with Gasteiger partial charge in [-0.15, -0.1) is 0 Å². The molecule has 0 bridgehead atoms. The van der Waals surface area contributed by atoms with Crippen molar-refractivity contribution < 1.29 is 8.83 Å². The number of hydrogen-bond acceptors (Lipinski definition) is 2. The molecule has 0 aliphatic heterocycles. The summed E-state index contributed by atoms with van der Waals surface area (Å²) >= 11 is 0. The van der Waals surface area contributed by atoms with Crippen LogP contribution < -0.4 is 21.6 Å².